The van der Waals surface area contributed by atoms with Crippen LogP contribution in [0.25, 0.3) is 0 Å². The van der Waals surface area contributed by atoms with E-state index in [0.29, 0.717) is 42.5 Å². The number of anilines is 1. The normalized spacial score (nSPS) is 19.0. The van der Waals surface area contributed by atoms with Crippen molar-refractivity contribution in [1.29, 1.82) is 0 Å². The van der Waals surface area contributed by atoms with Crippen molar-refractivity contribution in [2.45, 2.75) is 49.5 Å². The molecule has 6 rings (SSSR count). The molecule has 2 aliphatic heterocycles. The largest absolute Gasteiger partial charge is 0.508 e. The van der Waals surface area contributed by atoms with E-state index >= 15 is 0 Å². The summed E-state index contributed by atoms with van der Waals surface area (Å²) in [5.74, 6) is -3.25. The van der Waals surface area contributed by atoms with E-state index < -0.39 is 47.2 Å². The van der Waals surface area contributed by atoms with E-state index in [0.717, 1.165) is 11.1 Å². The lowest BCUT2D eigenvalue weighted by molar-refractivity contribution is -0.212. The number of amides is 2. The van der Waals surface area contributed by atoms with E-state index in [2.05, 4.69) is 5.32 Å². The molecule has 1 unspecified atom stereocenters. The van der Waals surface area contributed by atoms with E-state index in [1.807, 2.05) is 24.3 Å². The predicted molar refractivity (Wildman–Crippen MR) is 182 cm³/mol. The number of ether oxygens (including phenoxy) is 2. The van der Waals surface area contributed by atoms with Crippen LogP contribution in [0.4, 0.5) is 14.5 Å². The molecule has 4 N–H and O–H groups in total. The van der Waals surface area contributed by atoms with Crippen LogP contribution >= 0.6 is 0 Å². The first-order valence-electron chi connectivity index (χ1n) is 16.7. The molecule has 4 aromatic rings. The van der Waals surface area contributed by atoms with Crippen LogP contribution in [0.5, 0.6) is 5.75 Å². The van der Waals surface area contributed by atoms with Gasteiger partial charge in [0.1, 0.15) is 29.6 Å². The van der Waals surface area contributed by atoms with E-state index in [1.54, 1.807) is 17.0 Å². The number of β-lactam (4-membered cyclic amide) rings is 1. The van der Waals surface area contributed by atoms with Crippen molar-refractivity contribution in [3.8, 4) is 5.75 Å². The Morgan fingerprint density at radius 2 is 1.51 bits per heavy atom. The number of hydrogen-bond acceptors (Lipinski definition) is 7. The van der Waals surface area contributed by atoms with Crippen LogP contribution in [0.15, 0.2) is 97.1 Å². The number of rotatable bonds is 15. The molecule has 2 heterocycles. The number of aliphatic carboxylic acids is 1. The van der Waals surface area contributed by atoms with Gasteiger partial charge < -0.3 is 35.0 Å². The minimum atomic E-state index is -1.31. The summed E-state index contributed by atoms with van der Waals surface area (Å²) in [4.78, 5) is 39.6. The van der Waals surface area contributed by atoms with E-state index in [9.17, 15) is 38.5 Å². The molecule has 10 nitrogen and oxygen atoms in total. The molecule has 2 fully saturated rings. The SMILES string of the molecule is O=C(COC1(CCc2ccc([C@@H]3[C@@H](CC[C@H](O)c4ccc(F)cc4)C(=O)N3c3ccc(F)cc3)cc2)COC1)NC(C(=O)O)c1ccc(O)cc1. The standard InChI is InChI=1S/C39H38F2N2O8/c40-28-9-5-25(6-10-28)33(45)18-17-32-36(43(37(32)47)30-13-11-29(41)12-14-30)27-3-1-24(2-4-27)19-20-39(22-50-23-39)51-21-34(46)42-35(38(48)49)26-7-15-31(44)16-8-26/h1-16,32-33,35-36,44-45H,17-23H2,(H,42,46)(H,48,49)/t32-,33+,35?,36-/m1/s1. The number of benzene rings is 4. The van der Waals surface area contributed by atoms with Gasteiger partial charge in [0.2, 0.25) is 11.8 Å². The van der Waals surface area contributed by atoms with Crippen molar-refractivity contribution >= 4 is 23.5 Å². The second-order valence-electron chi connectivity index (χ2n) is 13.0. The molecule has 0 aliphatic carbocycles. The number of phenolic OH excluding ortho intramolecular Hbond substituents is 1. The number of carbonyl (C=O) groups excluding carboxylic acids is 2. The van der Waals surface area contributed by atoms with Crippen LogP contribution in [0, 0.1) is 17.6 Å². The molecule has 266 valence electrons. The quantitative estimate of drug-likeness (QED) is 0.118. The summed E-state index contributed by atoms with van der Waals surface area (Å²) < 4.78 is 38.5. The molecule has 0 bridgehead atoms. The third-order valence-corrected chi connectivity index (χ3v) is 9.53. The zero-order chi connectivity index (χ0) is 36.1. The zero-order valence-corrected chi connectivity index (χ0v) is 27.6. The molecule has 4 atom stereocenters. The number of phenols is 1. The molecule has 4 aromatic carbocycles. The Labute approximate surface area is 293 Å². The summed E-state index contributed by atoms with van der Waals surface area (Å²) >= 11 is 0. The summed E-state index contributed by atoms with van der Waals surface area (Å²) in [5.41, 5.74) is 2.58. The van der Waals surface area contributed by atoms with E-state index in [-0.39, 0.29) is 37.5 Å². The number of carboxylic acid groups (broad SMARTS) is 1. The summed E-state index contributed by atoms with van der Waals surface area (Å²) in [7, 11) is 0. The number of aryl methyl sites for hydroxylation is 1. The van der Waals surface area contributed by atoms with Gasteiger partial charge in [-0.15, -0.1) is 0 Å². The van der Waals surface area contributed by atoms with Gasteiger partial charge in [0.15, 0.2) is 6.04 Å². The van der Waals surface area contributed by atoms with Gasteiger partial charge in [-0.3, -0.25) is 9.59 Å². The van der Waals surface area contributed by atoms with E-state index in [4.69, 9.17) is 9.47 Å². The lowest BCUT2D eigenvalue weighted by Gasteiger charge is -2.48. The van der Waals surface area contributed by atoms with Gasteiger partial charge in [-0.1, -0.05) is 48.5 Å². The minimum absolute atomic E-state index is 0.0239. The van der Waals surface area contributed by atoms with Crippen LogP contribution in [0.3, 0.4) is 0 Å². The fourth-order valence-electron chi connectivity index (χ4n) is 6.55. The van der Waals surface area contributed by atoms with Crippen molar-refractivity contribution in [2.24, 2.45) is 5.92 Å². The maximum absolute atomic E-state index is 13.7. The van der Waals surface area contributed by atoms with Crippen LogP contribution in [0.2, 0.25) is 0 Å². The second-order valence-corrected chi connectivity index (χ2v) is 13.0. The summed E-state index contributed by atoms with van der Waals surface area (Å²) in [6, 6.07) is 23.0. The van der Waals surface area contributed by atoms with Gasteiger partial charge >= 0.3 is 5.97 Å². The molecule has 2 amide bonds. The highest BCUT2D eigenvalue weighted by Crippen LogP contribution is 2.46. The molecule has 12 heteroatoms. The predicted octanol–water partition coefficient (Wildman–Crippen LogP) is 5.55. The molecular formula is C39H38F2N2O8. The monoisotopic (exact) mass is 700 g/mol. The van der Waals surface area contributed by atoms with Crippen LogP contribution in [-0.2, 0) is 30.3 Å². The van der Waals surface area contributed by atoms with Crippen LogP contribution < -0.4 is 10.2 Å². The molecule has 51 heavy (non-hydrogen) atoms. The molecule has 0 saturated carbocycles. The average molecular weight is 701 g/mol. The number of aliphatic hydroxyl groups excluding tert-OH is 1. The third-order valence-electron chi connectivity index (χ3n) is 9.53. The number of carbonyl (C=O) groups is 3. The third kappa shape index (κ3) is 8.25. The van der Waals surface area contributed by atoms with Crippen molar-refractivity contribution in [3.05, 3.63) is 131 Å². The van der Waals surface area contributed by atoms with Gasteiger partial charge in [0, 0.05) is 5.69 Å². The van der Waals surface area contributed by atoms with Gasteiger partial charge in [-0.05, 0) is 96.5 Å². The molecule has 2 saturated heterocycles. The lowest BCUT2D eigenvalue weighted by Crippen LogP contribution is -2.55. The zero-order valence-electron chi connectivity index (χ0n) is 27.6. The van der Waals surface area contributed by atoms with Crippen LogP contribution in [-0.4, -0.2) is 58.5 Å². The minimum Gasteiger partial charge on any atom is -0.508 e. The summed E-state index contributed by atoms with van der Waals surface area (Å²) in [5, 5.41) is 32.3. The average Bonchev–Trinajstić information content (AvgIpc) is 3.10. The lowest BCUT2D eigenvalue weighted by atomic mass is 9.78. The molecular weight excluding hydrogens is 662 g/mol. The Morgan fingerprint density at radius 3 is 2.10 bits per heavy atom. The first-order chi connectivity index (χ1) is 24.5. The maximum atomic E-state index is 13.7. The number of nitrogens with one attached hydrogen (secondary N) is 1. The maximum Gasteiger partial charge on any atom is 0.330 e. The summed E-state index contributed by atoms with van der Waals surface area (Å²) in [6.45, 7) is 0.193. The topological polar surface area (TPSA) is 146 Å². The molecule has 0 aromatic heterocycles. The highest BCUT2D eigenvalue weighted by atomic mass is 19.1. The van der Waals surface area contributed by atoms with Gasteiger partial charge in [-0.25, -0.2) is 13.6 Å². The first kappa shape index (κ1) is 35.6. The Bertz CT molecular complexity index is 1830. The Morgan fingerprint density at radius 1 is 0.902 bits per heavy atom. The fraction of sp³-hybridized carbons (Fsp3) is 0.308. The fourth-order valence-corrected chi connectivity index (χ4v) is 6.55. The van der Waals surface area contributed by atoms with E-state index in [1.165, 1.54) is 60.7 Å². The molecule has 2 aliphatic rings. The number of carboxylic acids is 1. The van der Waals surface area contributed by atoms with Crippen LogP contribution in [0.1, 0.15) is 59.7 Å². The number of halogens is 2. The van der Waals surface area contributed by atoms with Gasteiger partial charge in [0.25, 0.3) is 0 Å². The number of nitrogens with zero attached hydrogens (tertiary/aromatic N) is 1. The first-order valence-corrected chi connectivity index (χ1v) is 16.7. The number of aromatic hydroxyl groups is 1. The van der Waals surface area contributed by atoms with Crippen molar-refractivity contribution in [3.63, 3.8) is 0 Å². The Hall–Kier alpha value is -5.17. The van der Waals surface area contributed by atoms with Gasteiger partial charge in [0.05, 0.1) is 31.3 Å². The second kappa shape index (κ2) is 15.4. The Kier molecular flexibility index (Phi) is 10.8. The number of hydrogen-bond donors (Lipinski definition) is 4. The highest BCUT2D eigenvalue weighted by Gasteiger charge is 2.48. The van der Waals surface area contributed by atoms with Crippen molar-refractivity contribution in [1.82, 2.24) is 5.32 Å². The molecule has 0 spiro atoms. The Balaban J connectivity index is 1.08. The summed E-state index contributed by atoms with van der Waals surface area (Å²) in [6.07, 6.45) is 0.943. The number of aliphatic hydroxyl groups is 1. The van der Waals surface area contributed by atoms with Crippen molar-refractivity contribution in [2.75, 3.05) is 24.7 Å². The van der Waals surface area contributed by atoms with Gasteiger partial charge in [-0.2, -0.15) is 0 Å². The smallest absolute Gasteiger partial charge is 0.330 e. The van der Waals surface area contributed by atoms with Crippen molar-refractivity contribution < 1.29 is 48.0 Å². The molecule has 0 radical (unpaired) electrons. The highest BCUT2D eigenvalue weighted by molar-refractivity contribution is 6.03.